The molecule has 4 amide bonds. The van der Waals surface area contributed by atoms with Crippen LogP contribution < -0.4 is 10.6 Å². The number of aryl methyl sites for hydroxylation is 1. The second kappa shape index (κ2) is 8.76. The highest BCUT2D eigenvalue weighted by Gasteiger charge is 2.54. The number of amides is 4. The topological polar surface area (TPSA) is 78.5 Å². The average molecular weight is 386 g/mol. The van der Waals surface area contributed by atoms with Gasteiger partial charge in [0.2, 0.25) is 5.91 Å². The second-order valence-electron chi connectivity index (χ2n) is 7.96. The lowest BCUT2D eigenvalue weighted by Gasteiger charge is -2.33. The fourth-order valence-electron chi connectivity index (χ4n) is 4.36. The maximum atomic E-state index is 13.2. The van der Waals surface area contributed by atoms with Gasteiger partial charge in [0.15, 0.2) is 0 Å². The molecule has 1 aliphatic carbocycles. The van der Waals surface area contributed by atoms with Crippen molar-refractivity contribution in [2.75, 3.05) is 13.1 Å². The molecule has 1 saturated heterocycles. The zero-order valence-electron chi connectivity index (χ0n) is 16.9. The molecular weight excluding hydrogens is 354 g/mol. The molecular formula is C22H31N3O3. The first-order valence-corrected chi connectivity index (χ1v) is 10.5. The van der Waals surface area contributed by atoms with Gasteiger partial charge in [-0.3, -0.25) is 14.5 Å². The SMILES string of the molecule is CCCC[C@H](CC)CNC(=O)CN1C(=O)N[C@]2(CCCc3ccccc32)C1=O. The minimum Gasteiger partial charge on any atom is -0.354 e. The molecule has 0 bridgehead atoms. The Morgan fingerprint density at radius 1 is 1.29 bits per heavy atom. The van der Waals surface area contributed by atoms with Crippen LogP contribution in [0.4, 0.5) is 4.79 Å². The molecule has 1 aliphatic heterocycles. The molecule has 0 unspecified atom stereocenters. The maximum Gasteiger partial charge on any atom is 0.325 e. The first-order chi connectivity index (χ1) is 13.5. The molecule has 28 heavy (non-hydrogen) atoms. The molecule has 1 spiro atoms. The average Bonchev–Trinajstić information content (AvgIpc) is 2.93. The third-order valence-electron chi connectivity index (χ3n) is 6.08. The number of hydrogen-bond donors (Lipinski definition) is 2. The van der Waals surface area contributed by atoms with Crippen LogP contribution >= 0.6 is 0 Å². The number of carbonyl (C=O) groups is 3. The molecule has 2 atom stereocenters. The predicted molar refractivity (Wildman–Crippen MR) is 108 cm³/mol. The van der Waals surface area contributed by atoms with Crippen molar-refractivity contribution in [3.8, 4) is 0 Å². The van der Waals surface area contributed by atoms with E-state index in [2.05, 4.69) is 24.5 Å². The summed E-state index contributed by atoms with van der Waals surface area (Å²) < 4.78 is 0. The molecule has 0 saturated carbocycles. The molecule has 3 rings (SSSR count). The Kier molecular flexibility index (Phi) is 6.37. The van der Waals surface area contributed by atoms with Crippen molar-refractivity contribution in [1.82, 2.24) is 15.5 Å². The minimum atomic E-state index is -1.01. The van der Waals surface area contributed by atoms with E-state index in [1.165, 1.54) is 0 Å². The highest BCUT2D eigenvalue weighted by molar-refractivity contribution is 6.09. The Morgan fingerprint density at radius 3 is 2.82 bits per heavy atom. The number of unbranched alkanes of at least 4 members (excludes halogenated alkanes) is 1. The van der Waals surface area contributed by atoms with Gasteiger partial charge in [-0.1, -0.05) is 57.4 Å². The van der Waals surface area contributed by atoms with Crippen molar-refractivity contribution in [1.29, 1.82) is 0 Å². The molecule has 152 valence electrons. The number of rotatable bonds is 8. The first kappa shape index (κ1) is 20.4. The van der Waals surface area contributed by atoms with E-state index in [1.54, 1.807) is 0 Å². The summed E-state index contributed by atoms with van der Waals surface area (Å²) in [4.78, 5) is 39.2. The molecule has 1 fully saturated rings. The summed E-state index contributed by atoms with van der Waals surface area (Å²) in [5, 5.41) is 5.80. The monoisotopic (exact) mass is 385 g/mol. The van der Waals surface area contributed by atoms with Gasteiger partial charge in [-0.15, -0.1) is 0 Å². The van der Waals surface area contributed by atoms with Crippen LogP contribution in [0.25, 0.3) is 0 Å². The van der Waals surface area contributed by atoms with Gasteiger partial charge in [0.1, 0.15) is 12.1 Å². The number of imide groups is 1. The highest BCUT2D eigenvalue weighted by atomic mass is 16.2. The Balaban J connectivity index is 1.66. The second-order valence-corrected chi connectivity index (χ2v) is 7.96. The van der Waals surface area contributed by atoms with Gasteiger partial charge >= 0.3 is 6.03 Å². The third-order valence-corrected chi connectivity index (χ3v) is 6.08. The number of nitrogens with zero attached hydrogens (tertiary/aromatic N) is 1. The van der Waals surface area contributed by atoms with E-state index in [9.17, 15) is 14.4 Å². The van der Waals surface area contributed by atoms with Crippen LogP contribution in [0, 0.1) is 5.92 Å². The molecule has 6 nitrogen and oxygen atoms in total. The lowest BCUT2D eigenvalue weighted by atomic mass is 9.76. The Morgan fingerprint density at radius 2 is 2.07 bits per heavy atom. The molecule has 0 radical (unpaired) electrons. The van der Waals surface area contributed by atoms with Gasteiger partial charge in [0.25, 0.3) is 5.91 Å². The Labute approximate surface area is 167 Å². The van der Waals surface area contributed by atoms with E-state index in [0.717, 1.165) is 54.6 Å². The standard InChI is InChI=1S/C22H31N3O3/c1-3-5-9-16(4-2)14-23-19(26)15-25-20(27)22(24-21(25)28)13-8-11-17-10-6-7-12-18(17)22/h6-7,10,12,16H,3-5,8-9,11,13-15H2,1-2H3,(H,23,26)(H,24,28)/t16-,22-/m0/s1. The van der Waals surface area contributed by atoms with E-state index in [-0.39, 0.29) is 18.4 Å². The van der Waals surface area contributed by atoms with E-state index >= 15 is 0 Å². The van der Waals surface area contributed by atoms with Crippen LogP contribution in [0.3, 0.4) is 0 Å². The zero-order valence-corrected chi connectivity index (χ0v) is 16.9. The third kappa shape index (κ3) is 3.91. The summed E-state index contributed by atoms with van der Waals surface area (Å²) in [6.45, 7) is 4.64. The highest BCUT2D eigenvalue weighted by Crippen LogP contribution is 2.39. The first-order valence-electron chi connectivity index (χ1n) is 10.5. The summed E-state index contributed by atoms with van der Waals surface area (Å²) in [5.74, 6) is -0.152. The van der Waals surface area contributed by atoms with Crippen LogP contribution in [0.5, 0.6) is 0 Å². The number of benzene rings is 1. The Hall–Kier alpha value is -2.37. The van der Waals surface area contributed by atoms with Gasteiger partial charge in [-0.2, -0.15) is 0 Å². The van der Waals surface area contributed by atoms with Crippen LogP contribution in [0.2, 0.25) is 0 Å². The van der Waals surface area contributed by atoms with Crippen LogP contribution in [0.15, 0.2) is 24.3 Å². The largest absolute Gasteiger partial charge is 0.354 e. The van der Waals surface area contributed by atoms with Gasteiger partial charge < -0.3 is 10.6 Å². The molecule has 2 aliphatic rings. The van der Waals surface area contributed by atoms with E-state index in [0.29, 0.717) is 18.9 Å². The van der Waals surface area contributed by atoms with Crippen molar-refractivity contribution in [3.05, 3.63) is 35.4 Å². The van der Waals surface area contributed by atoms with E-state index in [4.69, 9.17) is 0 Å². The smallest absolute Gasteiger partial charge is 0.325 e. The number of hydrogen-bond acceptors (Lipinski definition) is 3. The lowest BCUT2D eigenvalue weighted by Crippen LogP contribution is -2.47. The Bertz CT molecular complexity index is 748. The fourth-order valence-corrected chi connectivity index (χ4v) is 4.36. The number of carbonyl (C=O) groups excluding carboxylic acids is 3. The molecule has 1 heterocycles. The summed E-state index contributed by atoms with van der Waals surface area (Å²) in [6, 6.07) is 7.28. The molecule has 1 aromatic rings. The molecule has 0 aromatic heterocycles. The van der Waals surface area contributed by atoms with Crippen LogP contribution in [-0.4, -0.2) is 35.8 Å². The van der Waals surface area contributed by atoms with Crippen LogP contribution in [0.1, 0.15) is 63.5 Å². The minimum absolute atomic E-state index is 0.223. The zero-order chi connectivity index (χ0) is 20.1. The quantitative estimate of drug-likeness (QED) is 0.675. The summed E-state index contributed by atoms with van der Waals surface area (Å²) in [5.41, 5.74) is 0.947. The van der Waals surface area contributed by atoms with E-state index in [1.807, 2.05) is 24.3 Å². The summed E-state index contributed by atoms with van der Waals surface area (Å²) in [6.07, 6.45) is 6.66. The number of urea groups is 1. The summed E-state index contributed by atoms with van der Waals surface area (Å²) in [7, 11) is 0. The van der Waals surface area contributed by atoms with Crippen molar-refractivity contribution in [2.24, 2.45) is 5.92 Å². The lowest BCUT2D eigenvalue weighted by molar-refractivity contribution is -0.135. The normalized spacial score (nSPS) is 22.1. The number of nitrogens with one attached hydrogen (secondary N) is 2. The molecule has 6 heteroatoms. The van der Waals surface area contributed by atoms with E-state index < -0.39 is 11.6 Å². The number of fused-ring (bicyclic) bond motifs is 2. The van der Waals surface area contributed by atoms with Gasteiger partial charge in [-0.25, -0.2) is 4.79 Å². The van der Waals surface area contributed by atoms with Crippen molar-refractivity contribution < 1.29 is 14.4 Å². The van der Waals surface area contributed by atoms with Gasteiger partial charge in [0, 0.05) is 6.54 Å². The molecule has 1 aromatic carbocycles. The van der Waals surface area contributed by atoms with Crippen molar-refractivity contribution >= 4 is 17.8 Å². The summed E-state index contributed by atoms with van der Waals surface area (Å²) >= 11 is 0. The fraction of sp³-hybridized carbons (Fsp3) is 0.591. The molecule has 2 N–H and O–H groups in total. The van der Waals surface area contributed by atoms with Crippen molar-refractivity contribution in [2.45, 2.75) is 64.3 Å². The van der Waals surface area contributed by atoms with Gasteiger partial charge in [0.05, 0.1) is 0 Å². The maximum absolute atomic E-state index is 13.2. The van der Waals surface area contributed by atoms with Crippen LogP contribution in [-0.2, 0) is 21.5 Å². The van der Waals surface area contributed by atoms with Crippen molar-refractivity contribution in [3.63, 3.8) is 0 Å². The predicted octanol–water partition coefficient (Wildman–Crippen LogP) is 3.10. The van der Waals surface area contributed by atoms with Gasteiger partial charge in [-0.05, 0) is 42.7 Å².